The number of hydrogen-bond donors (Lipinski definition) is 1. The molecule has 22 heavy (non-hydrogen) atoms. The van der Waals surface area contributed by atoms with E-state index in [-0.39, 0.29) is 5.60 Å². The Bertz CT molecular complexity index is 491. The molecule has 1 aliphatic heterocycles. The summed E-state index contributed by atoms with van der Waals surface area (Å²) in [5.74, 6) is 2.06. The Morgan fingerprint density at radius 1 is 1.45 bits per heavy atom. The van der Waals surface area contributed by atoms with E-state index in [4.69, 9.17) is 14.5 Å². The van der Waals surface area contributed by atoms with Gasteiger partial charge < -0.3 is 14.6 Å². The smallest absolute Gasteiger partial charge is 0.153 e. The van der Waals surface area contributed by atoms with E-state index >= 15 is 0 Å². The van der Waals surface area contributed by atoms with Crippen LogP contribution in [0.15, 0.2) is 0 Å². The van der Waals surface area contributed by atoms with Crippen molar-refractivity contribution in [3.63, 3.8) is 0 Å². The second kappa shape index (κ2) is 6.64. The molecule has 6 nitrogen and oxygen atoms in total. The van der Waals surface area contributed by atoms with Crippen molar-refractivity contribution in [2.24, 2.45) is 0 Å². The lowest BCUT2D eigenvalue weighted by atomic mass is 9.87. The molecule has 1 aromatic heterocycles. The Labute approximate surface area is 132 Å². The Kier molecular flexibility index (Phi) is 5.25. The van der Waals surface area contributed by atoms with Crippen molar-refractivity contribution in [1.29, 1.82) is 0 Å². The Morgan fingerprint density at radius 3 is 2.77 bits per heavy atom. The number of aromatic nitrogens is 3. The Balaban J connectivity index is 2.24. The van der Waals surface area contributed by atoms with E-state index in [1.807, 2.05) is 4.68 Å². The standard InChI is InChI=1S/C16H29N3O3/c1-15(2,20)11-19-14(17-13(18-19)7-8-21-5)12-6-9-22-16(3,4)10-12/h12,20H,6-11H2,1-5H3/t12-/m1/s1. The molecule has 1 aromatic rings. The summed E-state index contributed by atoms with van der Waals surface area (Å²) in [6.45, 7) is 9.59. The zero-order valence-electron chi connectivity index (χ0n) is 14.4. The highest BCUT2D eigenvalue weighted by Crippen LogP contribution is 2.35. The maximum atomic E-state index is 10.1. The largest absolute Gasteiger partial charge is 0.389 e. The van der Waals surface area contributed by atoms with Crippen LogP contribution in [0.4, 0.5) is 0 Å². The highest BCUT2D eigenvalue weighted by Gasteiger charge is 2.33. The van der Waals surface area contributed by atoms with Gasteiger partial charge in [0.1, 0.15) is 5.82 Å². The Morgan fingerprint density at radius 2 is 2.18 bits per heavy atom. The average molecular weight is 311 g/mol. The highest BCUT2D eigenvalue weighted by molar-refractivity contribution is 5.05. The molecule has 2 rings (SSSR count). The van der Waals surface area contributed by atoms with Gasteiger partial charge in [-0.1, -0.05) is 0 Å². The molecule has 0 radical (unpaired) electrons. The normalized spacial score (nSPS) is 22.0. The third kappa shape index (κ3) is 4.76. The molecule has 126 valence electrons. The predicted molar refractivity (Wildman–Crippen MR) is 83.9 cm³/mol. The summed E-state index contributed by atoms with van der Waals surface area (Å²) in [4.78, 5) is 4.73. The molecule has 1 aliphatic rings. The van der Waals surface area contributed by atoms with Crippen LogP contribution in [0.3, 0.4) is 0 Å². The number of rotatable bonds is 6. The zero-order valence-corrected chi connectivity index (χ0v) is 14.4. The van der Waals surface area contributed by atoms with Gasteiger partial charge in [0.2, 0.25) is 0 Å². The minimum Gasteiger partial charge on any atom is -0.389 e. The van der Waals surface area contributed by atoms with Gasteiger partial charge in [0, 0.05) is 26.1 Å². The first-order valence-corrected chi connectivity index (χ1v) is 7.99. The van der Waals surface area contributed by atoms with Crippen molar-refractivity contribution in [3.05, 3.63) is 11.6 Å². The molecule has 6 heteroatoms. The predicted octanol–water partition coefficient (Wildman–Crippen LogP) is 1.91. The third-order valence-electron chi connectivity index (χ3n) is 3.87. The van der Waals surface area contributed by atoms with E-state index in [1.54, 1.807) is 21.0 Å². The Hall–Kier alpha value is -0.980. The van der Waals surface area contributed by atoms with Crippen LogP contribution in [-0.2, 0) is 22.4 Å². The van der Waals surface area contributed by atoms with Gasteiger partial charge in [0.25, 0.3) is 0 Å². The van der Waals surface area contributed by atoms with Gasteiger partial charge in [-0.25, -0.2) is 9.67 Å². The summed E-state index contributed by atoms with van der Waals surface area (Å²) in [6, 6.07) is 0. The summed E-state index contributed by atoms with van der Waals surface area (Å²) in [7, 11) is 1.68. The highest BCUT2D eigenvalue weighted by atomic mass is 16.5. The van der Waals surface area contributed by atoms with Crippen LogP contribution in [0.2, 0.25) is 0 Å². The van der Waals surface area contributed by atoms with Crippen LogP contribution in [0, 0.1) is 0 Å². The molecule has 0 unspecified atom stereocenters. The van der Waals surface area contributed by atoms with Gasteiger partial charge in [-0.2, -0.15) is 5.10 Å². The molecule has 0 spiro atoms. The first-order valence-electron chi connectivity index (χ1n) is 7.99. The molecule has 2 heterocycles. The van der Waals surface area contributed by atoms with Gasteiger partial charge >= 0.3 is 0 Å². The molecule has 0 bridgehead atoms. The van der Waals surface area contributed by atoms with Crippen LogP contribution in [0.5, 0.6) is 0 Å². The van der Waals surface area contributed by atoms with Crippen LogP contribution in [-0.4, -0.2) is 51.4 Å². The topological polar surface area (TPSA) is 69.4 Å². The van der Waals surface area contributed by atoms with Gasteiger partial charge in [-0.3, -0.25) is 0 Å². The summed E-state index contributed by atoms with van der Waals surface area (Å²) in [5.41, 5.74) is -0.956. The van der Waals surface area contributed by atoms with Gasteiger partial charge in [0.05, 0.1) is 24.4 Å². The lowest BCUT2D eigenvalue weighted by Gasteiger charge is -2.35. The van der Waals surface area contributed by atoms with E-state index in [1.165, 1.54) is 0 Å². The quantitative estimate of drug-likeness (QED) is 0.869. The molecule has 0 aromatic carbocycles. The van der Waals surface area contributed by atoms with Crippen molar-refractivity contribution in [3.8, 4) is 0 Å². The number of ether oxygens (including phenoxy) is 2. The molecule has 1 saturated heterocycles. The van der Waals surface area contributed by atoms with E-state index in [9.17, 15) is 5.11 Å². The number of nitrogens with zero attached hydrogens (tertiary/aromatic N) is 3. The zero-order chi connectivity index (χ0) is 16.4. The SMILES string of the molecule is COCCc1nc([C@@H]2CCOC(C)(C)C2)n(CC(C)(C)O)n1. The summed E-state index contributed by atoms with van der Waals surface area (Å²) < 4.78 is 12.8. The second-order valence-electron chi connectivity index (χ2n) is 7.40. The molecule has 1 atom stereocenters. The molecule has 1 fully saturated rings. The molecule has 0 aliphatic carbocycles. The van der Waals surface area contributed by atoms with Crippen LogP contribution in [0.1, 0.15) is 58.1 Å². The minimum absolute atomic E-state index is 0.138. The van der Waals surface area contributed by atoms with Crippen LogP contribution < -0.4 is 0 Å². The fourth-order valence-corrected chi connectivity index (χ4v) is 2.94. The van der Waals surface area contributed by atoms with Crippen LogP contribution in [0.25, 0.3) is 0 Å². The van der Waals surface area contributed by atoms with Crippen LogP contribution >= 0.6 is 0 Å². The van der Waals surface area contributed by atoms with Crippen molar-refractivity contribution < 1.29 is 14.6 Å². The first kappa shape index (κ1) is 17.4. The lowest BCUT2D eigenvalue weighted by Crippen LogP contribution is -2.35. The maximum Gasteiger partial charge on any atom is 0.153 e. The number of hydrogen-bond acceptors (Lipinski definition) is 5. The van der Waals surface area contributed by atoms with Crippen molar-refractivity contribution in [2.75, 3.05) is 20.3 Å². The fourth-order valence-electron chi connectivity index (χ4n) is 2.94. The monoisotopic (exact) mass is 311 g/mol. The van der Waals surface area contributed by atoms with E-state index in [0.717, 1.165) is 31.1 Å². The first-order chi connectivity index (χ1) is 10.2. The molecule has 0 saturated carbocycles. The van der Waals surface area contributed by atoms with Crippen molar-refractivity contribution in [2.45, 2.75) is 70.6 Å². The number of methoxy groups -OCH3 is 1. The van der Waals surface area contributed by atoms with E-state index < -0.39 is 5.60 Å². The minimum atomic E-state index is -0.818. The van der Waals surface area contributed by atoms with Gasteiger partial charge in [-0.15, -0.1) is 0 Å². The van der Waals surface area contributed by atoms with Gasteiger partial charge in [-0.05, 0) is 40.5 Å². The number of aliphatic hydroxyl groups is 1. The second-order valence-corrected chi connectivity index (χ2v) is 7.40. The molecular weight excluding hydrogens is 282 g/mol. The summed E-state index contributed by atoms with van der Waals surface area (Å²) in [5, 5.41) is 14.7. The van der Waals surface area contributed by atoms with Crippen molar-refractivity contribution in [1.82, 2.24) is 14.8 Å². The maximum absolute atomic E-state index is 10.1. The van der Waals surface area contributed by atoms with Crippen molar-refractivity contribution >= 4 is 0 Å². The molecular formula is C16H29N3O3. The van der Waals surface area contributed by atoms with E-state index in [2.05, 4.69) is 18.9 Å². The van der Waals surface area contributed by atoms with E-state index in [0.29, 0.717) is 25.5 Å². The molecule has 1 N–H and O–H groups in total. The van der Waals surface area contributed by atoms with Gasteiger partial charge in [0.15, 0.2) is 5.82 Å². The molecule has 0 amide bonds. The summed E-state index contributed by atoms with van der Waals surface area (Å²) >= 11 is 0. The summed E-state index contributed by atoms with van der Waals surface area (Å²) in [6.07, 6.45) is 2.55. The lowest BCUT2D eigenvalue weighted by molar-refractivity contribution is -0.0611. The third-order valence-corrected chi connectivity index (χ3v) is 3.87. The fraction of sp³-hybridized carbons (Fsp3) is 0.875. The average Bonchev–Trinajstić information content (AvgIpc) is 2.76.